The third-order valence-electron chi connectivity index (χ3n) is 6.20. The summed E-state index contributed by atoms with van der Waals surface area (Å²) < 4.78 is 33.8. The number of carbonyl (C=O) groups excluding carboxylic acids is 2. The summed E-state index contributed by atoms with van der Waals surface area (Å²) in [5.41, 5.74) is 3.89. The number of fused-ring (bicyclic) bond motifs is 1. The van der Waals surface area contributed by atoms with E-state index in [1.54, 1.807) is 12.3 Å². The third-order valence-corrected chi connectivity index (χ3v) is 6.20. The van der Waals surface area contributed by atoms with E-state index in [4.69, 9.17) is 9.90 Å². The molecule has 0 atom stereocenters. The molecule has 0 spiro atoms. The van der Waals surface area contributed by atoms with Crippen LogP contribution in [0.15, 0.2) is 79.1 Å². The second kappa shape index (κ2) is 11.9. The highest BCUT2D eigenvalue weighted by Gasteiger charge is 2.38. The SMILES string of the molecule is Cc1cc(NC(=O)c2ccc3ccc(N4CCN(C(=O)c5ccccc5)CC4)n3c2)ccn1.O=C(O)C(F)(F)F. The molecule has 9 nitrogen and oxygen atoms in total. The van der Waals surface area contributed by atoms with Crippen LogP contribution in [0.5, 0.6) is 0 Å². The molecule has 1 aliphatic rings. The fourth-order valence-corrected chi connectivity index (χ4v) is 4.21. The van der Waals surface area contributed by atoms with E-state index in [0.29, 0.717) is 18.7 Å². The number of alkyl halides is 3. The number of hydrogen-bond acceptors (Lipinski definition) is 5. The molecule has 0 saturated carbocycles. The number of carboxylic acids is 1. The second-order valence-electron chi connectivity index (χ2n) is 8.99. The van der Waals surface area contributed by atoms with Crippen LogP contribution in [0.4, 0.5) is 24.7 Å². The Morgan fingerprint density at radius 2 is 1.55 bits per heavy atom. The lowest BCUT2D eigenvalue weighted by Gasteiger charge is -2.36. The molecule has 0 radical (unpaired) electrons. The van der Waals surface area contributed by atoms with Crippen molar-refractivity contribution in [3.05, 3.63) is 95.9 Å². The van der Waals surface area contributed by atoms with Gasteiger partial charge in [0, 0.05) is 61.0 Å². The van der Waals surface area contributed by atoms with Crippen molar-refractivity contribution in [1.29, 1.82) is 0 Å². The molecule has 5 rings (SSSR count). The molecule has 1 aromatic carbocycles. The summed E-state index contributed by atoms with van der Waals surface area (Å²) in [5.74, 6) is -1.83. The first kappa shape index (κ1) is 28.1. The van der Waals surface area contributed by atoms with Crippen LogP contribution in [0, 0.1) is 6.92 Å². The number of carboxylic acid groups (broad SMARTS) is 1. The number of aryl methyl sites for hydroxylation is 1. The number of aliphatic carboxylic acids is 1. The van der Waals surface area contributed by atoms with Crippen molar-refractivity contribution in [2.45, 2.75) is 13.1 Å². The Kier molecular flexibility index (Phi) is 8.37. The van der Waals surface area contributed by atoms with Crippen molar-refractivity contribution in [1.82, 2.24) is 14.3 Å². The van der Waals surface area contributed by atoms with E-state index in [-0.39, 0.29) is 11.8 Å². The van der Waals surface area contributed by atoms with Crippen LogP contribution in [-0.2, 0) is 4.79 Å². The van der Waals surface area contributed by atoms with E-state index in [0.717, 1.165) is 41.4 Å². The van der Waals surface area contributed by atoms with Crippen LogP contribution < -0.4 is 10.2 Å². The molecule has 4 heterocycles. The van der Waals surface area contributed by atoms with E-state index >= 15 is 0 Å². The zero-order chi connectivity index (χ0) is 28.9. The average molecular weight is 554 g/mol. The van der Waals surface area contributed by atoms with Crippen LogP contribution in [0.25, 0.3) is 5.52 Å². The maximum Gasteiger partial charge on any atom is 0.490 e. The largest absolute Gasteiger partial charge is 0.490 e. The van der Waals surface area contributed by atoms with E-state index in [1.165, 1.54) is 0 Å². The van der Waals surface area contributed by atoms with Crippen LogP contribution in [-0.4, -0.2) is 69.5 Å². The number of piperazine rings is 1. The van der Waals surface area contributed by atoms with Gasteiger partial charge in [0.15, 0.2) is 0 Å². The molecule has 0 unspecified atom stereocenters. The predicted molar refractivity (Wildman–Crippen MR) is 143 cm³/mol. The van der Waals surface area contributed by atoms with Crippen molar-refractivity contribution in [3.8, 4) is 0 Å². The smallest absolute Gasteiger partial charge is 0.475 e. The zero-order valence-electron chi connectivity index (χ0n) is 21.4. The highest BCUT2D eigenvalue weighted by Crippen LogP contribution is 2.23. The van der Waals surface area contributed by atoms with Crippen LogP contribution in [0.2, 0.25) is 0 Å². The normalized spacial score (nSPS) is 13.4. The van der Waals surface area contributed by atoms with Gasteiger partial charge in [0.05, 0.1) is 5.56 Å². The van der Waals surface area contributed by atoms with Gasteiger partial charge in [0.1, 0.15) is 5.82 Å². The van der Waals surface area contributed by atoms with Gasteiger partial charge in [-0.15, -0.1) is 0 Å². The molecule has 208 valence electrons. The number of carbonyl (C=O) groups is 3. The lowest BCUT2D eigenvalue weighted by molar-refractivity contribution is -0.192. The molecular formula is C28H26F3N5O4. The van der Waals surface area contributed by atoms with E-state index < -0.39 is 12.1 Å². The van der Waals surface area contributed by atoms with Gasteiger partial charge in [-0.3, -0.25) is 14.6 Å². The highest BCUT2D eigenvalue weighted by atomic mass is 19.4. The minimum absolute atomic E-state index is 0.0700. The van der Waals surface area contributed by atoms with Gasteiger partial charge in [0.2, 0.25) is 0 Å². The van der Waals surface area contributed by atoms with Gasteiger partial charge >= 0.3 is 12.1 Å². The van der Waals surface area contributed by atoms with Crippen molar-refractivity contribution in [2.24, 2.45) is 0 Å². The minimum Gasteiger partial charge on any atom is -0.475 e. The second-order valence-corrected chi connectivity index (χ2v) is 8.99. The third kappa shape index (κ3) is 6.76. The quantitative estimate of drug-likeness (QED) is 0.386. The topological polar surface area (TPSA) is 107 Å². The summed E-state index contributed by atoms with van der Waals surface area (Å²) in [6, 6.07) is 20.9. The highest BCUT2D eigenvalue weighted by molar-refractivity contribution is 6.04. The van der Waals surface area contributed by atoms with Crippen LogP contribution >= 0.6 is 0 Å². The van der Waals surface area contributed by atoms with Crippen molar-refractivity contribution < 1.29 is 32.7 Å². The van der Waals surface area contributed by atoms with E-state index in [9.17, 15) is 22.8 Å². The number of halogens is 3. The monoisotopic (exact) mass is 553 g/mol. The number of aromatic nitrogens is 2. The molecule has 2 amide bonds. The van der Waals surface area contributed by atoms with E-state index in [2.05, 4.69) is 21.3 Å². The Balaban J connectivity index is 0.000000470. The standard InChI is InChI=1S/C26H25N5O2.C2HF3O2/c1-19-17-22(11-12-27-19)28-25(32)21-7-8-23-9-10-24(31(23)18-21)29-13-15-30(16-14-29)26(33)20-5-3-2-4-6-20;3-2(4,5)1(6)7/h2-12,17-18H,13-16H2,1H3,(H,27,28,32);(H,6,7). The summed E-state index contributed by atoms with van der Waals surface area (Å²) in [4.78, 5) is 42.8. The molecule has 0 bridgehead atoms. The van der Waals surface area contributed by atoms with Crippen LogP contribution in [0.1, 0.15) is 26.4 Å². The lowest BCUT2D eigenvalue weighted by atomic mass is 10.2. The number of amides is 2. The molecule has 1 fully saturated rings. The Hall–Kier alpha value is -4.87. The number of benzene rings is 1. The fraction of sp³-hybridized carbons (Fsp3) is 0.214. The van der Waals surface area contributed by atoms with Gasteiger partial charge < -0.3 is 24.6 Å². The lowest BCUT2D eigenvalue weighted by Crippen LogP contribution is -2.49. The summed E-state index contributed by atoms with van der Waals surface area (Å²) in [6.07, 6.45) is -1.53. The Bertz CT molecular complexity index is 1510. The molecule has 40 heavy (non-hydrogen) atoms. The Labute approximate surface area is 227 Å². The summed E-state index contributed by atoms with van der Waals surface area (Å²) >= 11 is 0. The fourth-order valence-electron chi connectivity index (χ4n) is 4.21. The first-order valence-electron chi connectivity index (χ1n) is 12.3. The number of rotatable bonds is 4. The molecule has 2 N–H and O–H groups in total. The molecule has 0 aliphatic carbocycles. The van der Waals surface area contributed by atoms with Gasteiger partial charge in [-0.1, -0.05) is 18.2 Å². The van der Waals surface area contributed by atoms with Crippen molar-refractivity contribution in [2.75, 3.05) is 36.4 Å². The van der Waals surface area contributed by atoms with Gasteiger partial charge in [-0.2, -0.15) is 13.2 Å². The molecule has 1 saturated heterocycles. The maximum atomic E-state index is 12.8. The average Bonchev–Trinajstić information content (AvgIpc) is 3.36. The Morgan fingerprint density at radius 1 is 0.900 bits per heavy atom. The van der Waals surface area contributed by atoms with Gasteiger partial charge in [0.25, 0.3) is 11.8 Å². The molecule has 1 aliphatic heterocycles. The van der Waals surface area contributed by atoms with E-state index in [1.807, 2.05) is 77.0 Å². The molecule has 3 aromatic heterocycles. The maximum absolute atomic E-state index is 12.8. The number of nitrogens with zero attached hydrogens (tertiary/aromatic N) is 4. The van der Waals surface area contributed by atoms with Gasteiger partial charge in [-0.25, -0.2) is 4.79 Å². The summed E-state index contributed by atoms with van der Waals surface area (Å²) in [6.45, 7) is 4.67. The minimum atomic E-state index is -5.08. The summed E-state index contributed by atoms with van der Waals surface area (Å²) in [7, 11) is 0. The number of nitrogens with one attached hydrogen (secondary N) is 1. The number of hydrogen-bond donors (Lipinski definition) is 2. The molecule has 12 heteroatoms. The van der Waals surface area contributed by atoms with Crippen molar-refractivity contribution >= 4 is 34.8 Å². The number of pyridine rings is 2. The molecular weight excluding hydrogens is 527 g/mol. The summed E-state index contributed by atoms with van der Waals surface area (Å²) in [5, 5.41) is 10.1. The zero-order valence-corrected chi connectivity index (χ0v) is 21.4. The van der Waals surface area contributed by atoms with Gasteiger partial charge in [-0.05, 0) is 55.5 Å². The Morgan fingerprint density at radius 3 is 2.17 bits per heavy atom. The van der Waals surface area contributed by atoms with Crippen LogP contribution in [0.3, 0.4) is 0 Å². The first-order valence-corrected chi connectivity index (χ1v) is 12.3. The molecule has 4 aromatic rings. The predicted octanol–water partition coefficient (Wildman–Crippen LogP) is 4.49. The first-order chi connectivity index (χ1) is 19.0. The number of anilines is 2. The van der Waals surface area contributed by atoms with Crippen molar-refractivity contribution in [3.63, 3.8) is 0 Å².